The van der Waals surface area contributed by atoms with Crippen molar-refractivity contribution in [1.29, 1.82) is 0 Å². The first kappa shape index (κ1) is 6.87. The Bertz CT molecular complexity index is 181. The standard InChI is InChI=1S/C7H10BrN/c1-9-6-2-3-7(9)4-5-8/h2-3,6H,4-5H2,1H3. The quantitative estimate of drug-likeness (QED) is 0.625. The molecule has 50 valence electrons. The number of nitrogens with zero attached hydrogens (tertiary/aromatic N) is 1. The van der Waals surface area contributed by atoms with Crippen LogP contribution < -0.4 is 0 Å². The number of halogens is 1. The van der Waals surface area contributed by atoms with Gasteiger partial charge in [0.15, 0.2) is 0 Å². The summed E-state index contributed by atoms with van der Waals surface area (Å²) in [6.45, 7) is 0. The fraction of sp³-hybridized carbons (Fsp3) is 0.429. The zero-order chi connectivity index (χ0) is 6.69. The minimum atomic E-state index is 1.05. The van der Waals surface area contributed by atoms with Crippen LogP contribution in [-0.2, 0) is 13.5 Å². The highest BCUT2D eigenvalue weighted by Crippen LogP contribution is 2.01. The third-order valence-corrected chi connectivity index (χ3v) is 1.80. The van der Waals surface area contributed by atoms with Gasteiger partial charge in [0.05, 0.1) is 0 Å². The van der Waals surface area contributed by atoms with Crippen LogP contribution in [0, 0.1) is 0 Å². The van der Waals surface area contributed by atoms with Crippen molar-refractivity contribution in [2.24, 2.45) is 7.05 Å². The molecule has 0 N–H and O–H groups in total. The van der Waals surface area contributed by atoms with Crippen molar-refractivity contribution in [1.82, 2.24) is 4.57 Å². The second kappa shape index (κ2) is 3.06. The first-order valence-corrected chi connectivity index (χ1v) is 4.13. The van der Waals surface area contributed by atoms with Crippen LogP contribution in [0.2, 0.25) is 0 Å². The molecule has 0 saturated heterocycles. The molecule has 1 rings (SSSR count). The molecule has 0 aliphatic heterocycles. The minimum Gasteiger partial charge on any atom is -0.354 e. The third-order valence-electron chi connectivity index (χ3n) is 1.40. The van der Waals surface area contributed by atoms with Crippen LogP contribution in [0.1, 0.15) is 5.69 Å². The lowest BCUT2D eigenvalue weighted by atomic mass is 10.3. The lowest BCUT2D eigenvalue weighted by Gasteiger charge is -1.97. The zero-order valence-corrected chi connectivity index (χ0v) is 7.06. The van der Waals surface area contributed by atoms with Crippen molar-refractivity contribution in [2.45, 2.75) is 6.42 Å². The molecule has 1 heterocycles. The summed E-state index contributed by atoms with van der Waals surface area (Å²) in [5, 5.41) is 1.05. The normalized spacial score (nSPS) is 10.0. The van der Waals surface area contributed by atoms with Crippen molar-refractivity contribution in [2.75, 3.05) is 5.33 Å². The highest BCUT2D eigenvalue weighted by atomic mass is 79.9. The van der Waals surface area contributed by atoms with Gasteiger partial charge in [-0.2, -0.15) is 0 Å². The highest BCUT2D eigenvalue weighted by molar-refractivity contribution is 9.09. The molecule has 0 radical (unpaired) electrons. The number of hydrogen-bond acceptors (Lipinski definition) is 0. The van der Waals surface area contributed by atoms with Crippen molar-refractivity contribution in [3.63, 3.8) is 0 Å². The Morgan fingerprint density at radius 3 is 2.89 bits per heavy atom. The van der Waals surface area contributed by atoms with E-state index >= 15 is 0 Å². The van der Waals surface area contributed by atoms with E-state index in [0.29, 0.717) is 0 Å². The molecule has 0 aliphatic rings. The molecule has 0 amide bonds. The summed E-state index contributed by atoms with van der Waals surface area (Å²) in [6.07, 6.45) is 3.18. The Morgan fingerprint density at radius 2 is 2.44 bits per heavy atom. The molecule has 0 atom stereocenters. The van der Waals surface area contributed by atoms with Gasteiger partial charge in [-0.25, -0.2) is 0 Å². The molecule has 0 unspecified atom stereocenters. The smallest absolute Gasteiger partial charge is 0.0180 e. The predicted octanol–water partition coefficient (Wildman–Crippen LogP) is 1.96. The SMILES string of the molecule is Cn1cccc1CCBr. The molecule has 1 aromatic rings. The summed E-state index contributed by atoms with van der Waals surface area (Å²) < 4.78 is 2.14. The van der Waals surface area contributed by atoms with Gasteiger partial charge in [-0.05, 0) is 18.6 Å². The molecule has 9 heavy (non-hydrogen) atoms. The van der Waals surface area contributed by atoms with Gasteiger partial charge in [0.2, 0.25) is 0 Å². The number of rotatable bonds is 2. The van der Waals surface area contributed by atoms with Gasteiger partial charge in [-0.15, -0.1) is 0 Å². The monoisotopic (exact) mass is 187 g/mol. The van der Waals surface area contributed by atoms with Crippen LogP contribution >= 0.6 is 15.9 Å². The Hall–Kier alpha value is -0.240. The molecule has 2 heteroatoms. The lowest BCUT2D eigenvalue weighted by molar-refractivity contribution is 0.843. The van der Waals surface area contributed by atoms with Crippen LogP contribution in [0.4, 0.5) is 0 Å². The van der Waals surface area contributed by atoms with E-state index in [-0.39, 0.29) is 0 Å². The van der Waals surface area contributed by atoms with Crippen molar-refractivity contribution in [3.05, 3.63) is 24.0 Å². The van der Waals surface area contributed by atoms with E-state index in [9.17, 15) is 0 Å². The number of aryl methyl sites for hydroxylation is 2. The highest BCUT2D eigenvalue weighted by Gasteiger charge is 1.92. The molecule has 0 saturated carbocycles. The Morgan fingerprint density at radius 1 is 1.67 bits per heavy atom. The topological polar surface area (TPSA) is 4.93 Å². The molecule has 0 spiro atoms. The predicted molar refractivity (Wildman–Crippen MR) is 42.9 cm³/mol. The second-order valence-corrected chi connectivity index (χ2v) is 2.84. The zero-order valence-electron chi connectivity index (χ0n) is 5.47. The maximum Gasteiger partial charge on any atom is 0.0180 e. The first-order valence-electron chi connectivity index (χ1n) is 3.01. The van der Waals surface area contributed by atoms with Gasteiger partial charge in [-0.1, -0.05) is 15.9 Å². The van der Waals surface area contributed by atoms with Crippen LogP contribution in [0.15, 0.2) is 18.3 Å². The summed E-state index contributed by atoms with van der Waals surface area (Å²) in [5.74, 6) is 0. The van der Waals surface area contributed by atoms with E-state index in [1.165, 1.54) is 5.69 Å². The fourth-order valence-electron chi connectivity index (χ4n) is 0.853. The van der Waals surface area contributed by atoms with Crippen molar-refractivity contribution < 1.29 is 0 Å². The third kappa shape index (κ3) is 1.58. The van der Waals surface area contributed by atoms with Crippen molar-refractivity contribution in [3.8, 4) is 0 Å². The van der Waals surface area contributed by atoms with E-state index in [0.717, 1.165) is 11.8 Å². The summed E-state index contributed by atoms with van der Waals surface area (Å²) in [7, 11) is 2.07. The van der Waals surface area contributed by atoms with E-state index in [2.05, 4.69) is 45.9 Å². The maximum atomic E-state index is 3.39. The van der Waals surface area contributed by atoms with Gasteiger partial charge in [0, 0.05) is 24.3 Å². The van der Waals surface area contributed by atoms with E-state index in [1.807, 2.05) is 0 Å². The van der Waals surface area contributed by atoms with Gasteiger partial charge in [0.25, 0.3) is 0 Å². The Labute approximate surface area is 63.8 Å². The van der Waals surface area contributed by atoms with E-state index in [1.54, 1.807) is 0 Å². The maximum absolute atomic E-state index is 3.39. The fourth-order valence-corrected chi connectivity index (χ4v) is 1.26. The van der Waals surface area contributed by atoms with Gasteiger partial charge >= 0.3 is 0 Å². The van der Waals surface area contributed by atoms with E-state index in [4.69, 9.17) is 0 Å². The van der Waals surface area contributed by atoms with Crippen LogP contribution in [0.25, 0.3) is 0 Å². The molecular weight excluding hydrogens is 178 g/mol. The summed E-state index contributed by atoms with van der Waals surface area (Å²) in [6, 6.07) is 4.21. The van der Waals surface area contributed by atoms with Gasteiger partial charge in [0.1, 0.15) is 0 Å². The average molecular weight is 188 g/mol. The molecule has 0 fully saturated rings. The molecule has 0 bridgehead atoms. The van der Waals surface area contributed by atoms with Gasteiger partial charge in [-0.3, -0.25) is 0 Å². The molecule has 1 aromatic heterocycles. The van der Waals surface area contributed by atoms with Gasteiger partial charge < -0.3 is 4.57 Å². The van der Waals surface area contributed by atoms with Crippen LogP contribution in [-0.4, -0.2) is 9.90 Å². The van der Waals surface area contributed by atoms with E-state index < -0.39 is 0 Å². The Kier molecular flexibility index (Phi) is 2.34. The lowest BCUT2D eigenvalue weighted by Crippen LogP contribution is -1.94. The van der Waals surface area contributed by atoms with Crippen LogP contribution in [0.3, 0.4) is 0 Å². The molecule has 0 aromatic carbocycles. The molecular formula is C7H10BrN. The Balaban J connectivity index is 2.69. The number of hydrogen-bond donors (Lipinski definition) is 0. The number of alkyl halides is 1. The summed E-state index contributed by atoms with van der Waals surface area (Å²) in [4.78, 5) is 0. The van der Waals surface area contributed by atoms with Crippen LogP contribution in [0.5, 0.6) is 0 Å². The second-order valence-electron chi connectivity index (χ2n) is 2.05. The summed E-state index contributed by atoms with van der Waals surface area (Å²) >= 11 is 3.39. The average Bonchev–Trinajstić information content (AvgIpc) is 2.18. The largest absolute Gasteiger partial charge is 0.354 e. The molecule has 0 aliphatic carbocycles. The minimum absolute atomic E-state index is 1.05. The number of aromatic nitrogens is 1. The summed E-state index contributed by atoms with van der Waals surface area (Å²) in [5.41, 5.74) is 1.38. The van der Waals surface area contributed by atoms with Crippen molar-refractivity contribution >= 4 is 15.9 Å². The first-order chi connectivity index (χ1) is 4.34. The molecule has 1 nitrogen and oxygen atoms in total.